The van der Waals surface area contributed by atoms with E-state index in [0.29, 0.717) is 17.5 Å². The van der Waals surface area contributed by atoms with Gasteiger partial charge in [0.1, 0.15) is 12.0 Å². The summed E-state index contributed by atoms with van der Waals surface area (Å²) in [4.78, 5) is 79.7. The highest BCUT2D eigenvalue weighted by Gasteiger charge is 2.01. The molecule has 0 saturated carbocycles. The lowest BCUT2D eigenvalue weighted by atomic mass is 10.1. The van der Waals surface area contributed by atoms with Crippen molar-refractivity contribution in [1.29, 1.82) is 0 Å². The first-order valence-electron chi connectivity index (χ1n) is 35.8. The fourth-order valence-corrected chi connectivity index (χ4v) is 9.37. The minimum Gasteiger partial charge on any atom is -0.497 e. The van der Waals surface area contributed by atoms with Crippen LogP contribution in [0.3, 0.4) is 0 Å². The summed E-state index contributed by atoms with van der Waals surface area (Å²) in [6.07, 6.45) is 46.9. The molecule has 14 rings (SSSR count). The molecule has 14 aromatic rings. The number of aldehydes is 1. The minimum absolute atomic E-state index is 0.0809. The van der Waals surface area contributed by atoms with Gasteiger partial charge in [-0.3, -0.25) is 74.2 Å². The third-order valence-corrected chi connectivity index (χ3v) is 15.8. The smallest absolute Gasteiger partial charge is 0.162 e. The van der Waals surface area contributed by atoms with Crippen LogP contribution < -0.4 is 4.74 Å². The third kappa shape index (κ3) is 44.3. The molecule has 574 valence electrons. The molecule has 0 saturated heterocycles. The Morgan fingerprint density at radius 3 is 1.23 bits per heavy atom. The second-order valence-electron chi connectivity index (χ2n) is 23.6. The summed E-state index contributed by atoms with van der Waals surface area (Å²) in [5, 5.41) is 27.6. The van der Waals surface area contributed by atoms with Crippen LogP contribution in [0.15, 0.2) is 318 Å². The molecule has 19 nitrogen and oxygen atoms in total. The molecule has 0 fully saturated rings. The SMILES string of the molecule is CC(=O)c1ccncc1.CCC(=O)c1ccncc1.CCc1cnccc1C.COc1ccncc1.Cc1ccncc1C.Cc1cncc(-c2ccccc2)c1.Cc1cncc(C)c1.O=Cc1ccncc1.OCCCc1ccncc1.OCCc1ccncc1.OCc1ccncc1.c1cncc(-c2cccs2)c1. The summed E-state index contributed by atoms with van der Waals surface area (Å²) in [6, 6.07) is 51.8. The van der Waals surface area contributed by atoms with Crippen LogP contribution in [0.5, 0.6) is 5.75 Å². The zero-order chi connectivity index (χ0) is 80.6. The molecule has 0 atom stereocenters. The average Bonchev–Trinajstić information content (AvgIpc) is 1.43. The van der Waals surface area contributed by atoms with E-state index in [-0.39, 0.29) is 31.4 Å². The van der Waals surface area contributed by atoms with Crippen molar-refractivity contribution in [1.82, 2.24) is 59.8 Å². The number of benzene rings is 1. The van der Waals surface area contributed by atoms with Gasteiger partial charge in [-0.05, 0) is 256 Å². The summed E-state index contributed by atoms with van der Waals surface area (Å²) < 4.78 is 4.87. The van der Waals surface area contributed by atoms with Gasteiger partial charge in [0.2, 0.25) is 0 Å². The standard InChI is InChI=1S/C12H11N.C9H7NS.C8H9NO.C8H11NO.C8H11N.C7H7NO.C7H9NO.2C7H9N.2C6H7NO.C6H5NO/c1-10-7-12(9-13-8-10)11-5-3-2-4-6-11;1-3-8(7-10-5-1)9-4-2-6-11-9;1-2-8(10)7-3-5-9-6-4-7;10-7-1-2-8-3-5-9-6-4-8;1-3-8-6-9-5-4-7(8)2;1-6(9)7-2-4-8-5-3-7;9-6-3-7-1-4-8-5-2-7;1-6-3-7(2)5-8-4-6;1-6-3-4-8-5-7(6)2;1-8-6-2-4-7-5-3-6;2*8-5-6-1-3-7-4-2-6/h2-9H,1H3;1-7H;3-6H,2H2,1H3;3-6,10H,1-2,7H2;4-6H,3H2,1-2H3;2-5H,1H3;1-2,4-5,9H,3,6H2;2*3-5H,1-2H3;2-5H,1H3;1-4,8H,5H2;1-5H. The Kier molecular flexibility index (Phi) is 50.4. The molecule has 0 radical (unpaired) electrons. The third-order valence-electron chi connectivity index (χ3n) is 14.9. The van der Waals surface area contributed by atoms with Crippen LogP contribution in [-0.4, -0.2) is 113 Å². The van der Waals surface area contributed by atoms with Gasteiger partial charge >= 0.3 is 0 Å². The molecule has 13 heterocycles. The molecular formula is C91H102N12O7S. The number of hydrogen-bond acceptors (Lipinski definition) is 20. The van der Waals surface area contributed by atoms with Crippen molar-refractivity contribution in [2.24, 2.45) is 0 Å². The fraction of sp³-hybridized carbons (Fsp3) is 0.198. The molecular weight excluding hydrogens is 1410 g/mol. The number of hydrogen-bond donors (Lipinski definition) is 3. The molecule has 0 amide bonds. The Hall–Kier alpha value is -12.6. The van der Waals surface area contributed by atoms with Crippen LogP contribution in [0.25, 0.3) is 21.6 Å². The van der Waals surface area contributed by atoms with Gasteiger partial charge in [0, 0.05) is 201 Å². The topological polar surface area (TPSA) is 276 Å². The zero-order valence-electron chi connectivity index (χ0n) is 65.0. The van der Waals surface area contributed by atoms with Gasteiger partial charge in [0.25, 0.3) is 0 Å². The number of aliphatic hydroxyl groups excluding tert-OH is 3. The number of carbonyl (C=O) groups excluding carboxylic acids is 3. The van der Waals surface area contributed by atoms with Crippen LogP contribution in [0, 0.1) is 41.5 Å². The lowest BCUT2D eigenvalue weighted by molar-refractivity contribution is 0.0985. The number of aromatic nitrogens is 12. The van der Waals surface area contributed by atoms with Gasteiger partial charge in [-0.15, -0.1) is 11.3 Å². The number of thiophene rings is 1. The van der Waals surface area contributed by atoms with Crippen molar-refractivity contribution < 1.29 is 34.4 Å². The number of Topliss-reactive ketones (excluding diaryl/α,β-unsaturated/α-hetero) is 2. The van der Waals surface area contributed by atoms with Gasteiger partial charge < -0.3 is 20.1 Å². The predicted molar refractivity (Wildman–Crippen MR) is 446 cm³/mol. The van der Waals surface area contributed by atoms with Crippen molar-refractivity contribution in [3.8, 4) is 27.3 Å². The summed E-state index contributed by atoms with van der Waals surface area (Å²) in [7, 11) is 1.63. The van der Waals surface area contributed by atoms with E-state index in [1.54, 1.807) is 172 Å². The first-order chi connectivity index (χ1) is 54.1. The summed E-state index contributed by atoms with van der Waals surface area (Å²) in [5.41, 5.74) is 17.9. The Bertz CT molecular complexity index is 4520. The van der Waals surface area contributed by atoms with E-state index in [1.807, 2.05) is 143 Å². The normalized spacial score (nSPS) is 9.34. The van der Waals surface area contributed by atoms with Gasteiger partial charge in [-0.25, -0.2) is 0 Å². The molecule has 0 aliphatic carbocycles. The number of nitrogens with zero attached hydrogens (tertiary/aromatic N) is 12. The molecule has 1 aromatic carbocycles. The van der Waals surface area contributed by atoms with Crippen molar-refractivity contribution in [2.45, 2.75) is 101 Å². The van der Waals surface area contributed by atoms with Crippen molar-refractivity contribution in [3.63, 3.8) is 0 Å². The molecule has 0 spiro atoms. The summed E-state index contributed by atoms with van der Waals surface area (Å²) in [5.74, 6) is 1.10. The maximum absolute atomic E-state index is 11.0. The van der Waals surface area contributed by atoms with Crippen LogP contribution in [0.2, 0.25) is 0 Å². The molecule has 3 N–H and O–H groups in total. The predicted octanol–water partition coefficient (Wildman–Crippen LogP) is 18.4. The van der Waals surface area contributed by atoms with Crippen LogP contribution in [-0.2, 0) is 25.9 Å². The highest BCUT2D eigenvalue weighted by molar-refractivity contribution is 7.13. The Balaban J connectivity index is 0.000000315. The van der Waals surface area contributed by atoms with E-state index >= 15 is 0 Å². The summed E-state index contributed by atoms with van der Waals surface area (Å²) >= 11 is 1.74. The van der Waals surface area contributed by atoms with Crippen molar-refractivity contribution >= 4 is 29.2 Å². The Labute approximate surface area is 658 Å². The van der Waals surface area contributed by atoms with Crippen LogP contribution in [0.1, 0.15) is 120 Å². The van der Waals surface area contributed by atoms with Gasteiger partial charge in [-0.1, -0.05) is 62.4 Å². The highest BCUT2D eigenvalue weighted by Crippen LogP contribution is 2.23. The number of ketones is 2. The lowest BCUT2D eigenvalue weighted by Gasteiger charge is -2.00. The molecule has 111 heavy (non-hydrogen) atoms. The number of ether oxygens (including phenoxy) is 1. The van der Waals surface area contributed by atoms with Crippen molar-refractivity contribution in [3.05, 3.63) is 390 Å². The van der Waals surface area contributed by atoms with E-state index in [1.165, 1.54) is 73.0 Å². The molecule has 0 aliphatic heterocycles. The molecule has 0 unspecified atom stereocenters. The van der Waals surface area contributed by atoms with Crippen LogP contribution >= 0.6 is 11.3 Å². The Morgan fingerprint density at radius 2 is 0.865 bits per heavy atom. The number of rotatable bonds is 14. The number of methoxy groups -OCH3 is 1. The monoisotopic (exact) mass is 1510 g/mol. The molecule has 0 bridgehead atoms. The first kappa shape index (κ1) is 92.6. The van der Waals surface area contributed by atoms with E-state index in [0.717, 1.165) is 54.4 Å². The number of pyridine rings is 12. The van der Waals surface area contributed by atoms with Gasteiger partial charge in [0.15, 0.2) is 11.6 Å². The molecule has 20 heteroatoms. The number of aryl methyl sites for hydroxylation is 8. The van der Waals surface area contributed by atoms with E-state index in [2.05, 4.69) is 136 Å². The number of carbonyl (C=O) groups is 3. The molecule has 0 aliphatic rings. The molecule has 13 aromatic heterocycles. The van der Waals surface area contributed by atoms with E-state index < -0.39 is 0 Å². The quantitative estimate of drug-likeness (QED) is 0.0674. The van der Waals surface area contributed by atoms with Crippen LogP contribution in [0.4, 0.5) is 0 Å². The second-order valence-corrected chi connectivity index (χ2v) is 24.6. The first-order valence-corrected chi connectivity index (χ1v) is 36.6. The lowest BCUT2D eigenvalue weighted by Crippen LogP contribution is -1.95. The fourth-order valence-electron chi connectivity index (χ4n) is 8.65. The summed E-state index contributed by atoms with van der Waals surface area (Å²) in [6.45, 7) is 18.5. The van der Waals surface area contributed by atoms with E-state index in [4.69, 9.17) is 20.1 Å². The maximum Gasteiger partial charge on any atom is 0.162 e. The van der Waals surface area contributed by atoms with Gasteiger partial charge in [-0.2, -0.15) is 0 Å². The van der Waals surface area contributed by atoms with Gasteiger partial charge in [0.05, 0.1) is 13.7 Å². The maximum atomic E-state index is 11.0. The average molecular weight is 1510 g/mol. The van der Waals surface area contributed by atoms with E-state index in [9.17, 15) is 14.4 Å². The van der Waals surface area contributed by atoms with Crippen molar-refractivity contribution in [2.75, 3.05) is 20.3 Å². The zero-order valence-corrected chi connectivity index (χ0v) is 65.8. The number of aliphatic hydroxyl groups is 3. The second kappa shape index (κ2) is 60.4. The minimum atomic E-state index is 0.0809. The highest BCUT2D eigenvalue weighted by atomic mass is 32.1. The largest absolute Gasteiger partial charge is 0.497 e. The Morgan fingerprint density at radius 1 is 0.405 bits per heavy atom.